The zero-order chi connectivity index (χ0) is 10.4. The Morgan fingerprint density at radius 2 is 2.00 bits per heavy atom. The lowest BCUT2D eigenvalue weighted by molar-refractivity contribution is -0.0428. The summed E-state index contributed by atoms with van der Waals surface area (Å²) in [6.07, 6.45) is 3.25. The summed E-state index contributed by atoms with van der Waals surface area (Å²) in [6, 6.07) is 0. The zero-order valence-corrected chi connectivity index (χ0v) is 9.26. The fourth-order valence-electron chi connectivity index (χ4n) is 1.97. The summed E-state index contributed by atoms with van der Waals surface area (Å²) in [7, 11) is -3.08. The molecule has 2 aliphatic rings. The average Bonchev–Trinajstić information content (AvgIpc) is 1.92. The van der Waals surface area contributed by atoms with E-state index < -0.39 is 15.6 Å². The first kappa shape index (κ1) is 10.4. The highest BCUT2D eigenvalue weighted by atomic mass is 32.2. The van der Waals surface area contributed by atoms with E-state index in [1.807, 2.05) is 0 Å². The van der Waals surface area contributed by atoms with Gasteiger partial charge in [0.05, 0.1) is 11.4 Å². The standard InChI is InChI=1S/C9H17NO3S/c1-9(11)6-10(7-9)14(12,13)5-8-3-2-4-8/h8,11H,2-7H2,1H3. The van der Waals surface area contributed by atoms with E-state index >= 15 is 0 Å². The second-order valence-electron chi connectivity index (χ2n) is 4.84. The van der Waals surface area contributed by atoms with Crippen molar-refractivity contribution in [2.75, 3.05) is 18.8 Å². The van der Waals surface area contributed by atoms with Gasteiger partial charge in [-0.05, 0) is 25.7 Å². The van der Waals surface area contributed by atoms with E-state index in [0.29, 0.717) is 5.92 Å². The fourth-order valence-corrected chi connectivity index (χ4v) is 4.06. The summed E-state index contributed by atoms with van der Waals surface area (Å²) in [4.78, 5) is 0. The van der Waals surface area contributed by atoms with Crippen molar-refractivity contribution in [3.05, 3.63) is 0 Å². The number of hydrogen-bond donors (Lipinski definition) is 1. The molecule has 2 rings (SSSR count). The smallest absolute Gasteiger partial charge is 0.214 e. The SMILES string of the molecule is CC1(O)CN(S(=O)(=O)CC2CCC2)C1. The van der Waals surface area contributed by atoms with Gasteiger partial charge in [0.2, 0.25) is 10.0 Å². The molecular weight excluding hydrogens is 202 g/mol. The van der Waals surface area contributed by atoms with Crippen LogP contribution in [0.15, 0.2) is 0 Å². The lowest BCUT2D eigenvalue weighted by Crippen LogP contribution is -2.62. The van der Waals surface area contributed by atoms with Gasteiger partial charge < -0.3 is 5.11 Å². The number of rotatable bonds is 3. The molecule has 0 aromatic carbocycles. The number of sulfonamides is 1. The van der Waals surface area contributed by atoms with Crippen LogP contribution >= 0.6 is 0 Å². The van der Waals surface area contributed by atoms with Gasteiger partial charge in [-0.3, -0.25) is 0 Å². The Kier molecular flexibility index (Phi) is 2.36. The molecule has 0 bridgehead atoms. The summed E-state index contributed by atoms with van der Waals surface area (Å²) >= 11 is 0. The monoisotopic (exact) mass is 219 g/mol. The molecule has 0 aromatic heterocycles. The van der Waals surface area contributed by atoms with E-state index in [0.717, 1.165) is 19.3 Å². The van der Waals surface area contributed by atoms with Crippen LogP contribution in [0.25, 0.3) is 0 Å². The third-order valence-electron chi connectivity index (χ3n) is 3.10. The van der Waals surface area contributed by atoms with Crippen molar-refractivity contribution < 1.29 is 13.5 Å². The molecule has 82 valence electrons. The van der Waals surface area contributed by atoms with Gasteiger partial charge in [0, 0.05) is 13.1 Å². The van der Waals surface area contributed by atoms with Gasteiger partial charge in [0.15, 0.2) is 0 Å². The Morgan fingerprint density at radius 1 is 1.43 bits per heavy atom. The van der Waals surface area contributed by atoms with Gasteiger partial charge in [0.1, 0.15) is 0 Å². The van der Waals surface area contributed by atoms with Gasteiger partial charge in [-0.25, -0.2) is 8.42 Å². The molecule has 0 spiro atoms. The Bertz CT molecular complexity index is 311. The maximum absolute atomic E-state index is 11.7. The molecule has 14 heavy (non-hydrogen) atoms. The predicted octanol–water partition coefficient (Wildman–Crippen LogP) is 0.183. The van der Waals surface area contributed by atoms with Crippen molar-refractivity contribution in [3.63, 3.8) is 0 Å². The Labute approximate surface area is 85.0 Å². The van der Waals surface area contributed by atoms with Gasteiger partial charge >= 0.3 is 0 Å². The summed E-state index contributed by atoms with van der Waals surface area (Å²) in [6.45, 7) is 2.20. The number of β-amino-alcohol motifs (C(OH)–C–C–N with tert-alkyl or cyclic N) is 1. The van der Waals surface area contributed by atoms with E-state index in [1.165, 1.54) is 4.31 Å². The summed E-state index contributed by atoms with van der Waals surface area (Å²) < 4.78 is 24.8. The average molecular weight is 219 g/mol. The molecule has 1 aliphatic carbocycles. The predicted molar refractivity (Wildman–Crippen MR) is 53.3 cm³/mol. The van der Waals surface area contributed by atoms with E-state index in [2.05, 4.69) is 0 Å². The normalized spacial score (nSPS) is 28.1. The van der Waals surface area contributed by atoms with Crippen molar-refractivity contribution in [2.45, 2.75) is 31.8 Å². The minimum absolute atomic E-state index is 0.266. The molecular formula is C9H17NO3S. The molecule has 0 unspecified atom stereocenters. The fraction of sp³-hybridized carbons (Fsp3) is 1.00. The number of aliphatic hydroxyl groups is 1. The molecule has 1 N–H and O–H groups in total. The van der Waals surface area contributed by atoms with Crippen LogP contribution in [0.4, 0.5) is 0 Å². The van der Waals surface area contributed by atoms with Crippen LogP contribution in [-0.4, -0.2) is 42.3 Å². The minimum Gasteiger partial charge on any atom is -0.387 e. The van der Waals surface area contributed by atoms with Crippen LogP contribution in [0.2, 0.25) is 0 Å². The molecule has 0 radical (unpaired) electrons. The summed E-state index contributed by atoms with van der Waals surface area (Å²) in [5, 5.41) is 9.45. The molecule has 0 aromatic rings. The lowest BCUT2D eigenvalue weighted by Gasteiger charge is -2.43. The van der Waals surface area contributed by atoms with Gasteiger partial charge in [-0.1, -0.05) is 6.42 Å². The molecule has 4 nitrogen and oxygen atoms in total. The van der Waals surface area contributed by atoms with E-state index in [4.69, 9.17) is 0 Å². The Balaban J connectivity index is 1.90. The highest BCUT2D eigenvalue weighted by Crippen LogP contribution is 2.31. The van der Waals surface area contributed by atoms with Crippen LogP contribution < -0.4 is 0 Å². The molecule has 0 amide bonds. The topological polar surface area (TPSA) is 57.6 Å². The van der Waals surface area contributed by atoms with Crippen LogP contribution in [0.5, 0.6) is 0 Å². The quantitative estimate of drug-likeness (QED) is 0.737. The number of hydrogen-bond acceptors (Lipinski definition) is 3. The van der Waals surface area contributed by atoms with E-state index in [9.17, 15) is 13.5 Å². The Hall–Kier alpha value is -0.130. The highest BCUT2D eigenvalue weighted by Gasteiger charge is 2.44. The summed E-state index contributed by atoms with van der Waals surface area (Å²) in [5.41, 5.74) is -0.799. The molecule has 1 saturated heterocycles. The Morgan fingerprint density at radius 3 is 2.36 bits per heavy atom. The number of nitrogens with zero attached hydrogens (tertiary/aromatic N) is 1. The molecule has 1 heterocycles. The molecule has 1 aliphatic heterocycles. The lowest BCUT2D eigenvalue weighted by atomic mass is 9.87. The third kappa shape index (κ3) is 1.94. The molecule has 0 atom stereocenters. The second-order valence-corrected chi connectivity index (χ2v) is 6.85. The first-order valence-corrected chi connectivity index (χ1v) is 6.70. The maximum Gasteiger partial charge on any atom is 0.214 e. The van der Waals surface area contributed by atoms with Crippen molar-refractivity contribution in [1.29, 1.82) is 0 Å². The van der Waals surface area contributed by atoms with Crippen LogP contribution in [0, 0.1) is 5.92 Å². The second kappa shape index (κ2) is 3.18. The van der Waals surface area contributed by atoms with Crippen molar-refractivity contribution in [2.24, 2.45) is 5.92 Å². The van der Waals surface area contributed by atoms with Crippen LogP contribution in [0.1, 0.15) is 26.2 Å². The molecule has 1 saturated carbocycles. The molecule has 2 fully saturated rings. The van der Waals surface area contributed by atoms with E-state index in [-0.39, 0.29) is 18.8 Å². The van der Waals surface area contributed by atoms with Crippen molar-refractivity contribution in [3.8, 4) is 0 Å². The molecule has 5 heteroatoms. The van der Waals surface area contributed by atoms with Crippen molar-refractivity contribution in [1.82, 2.24) is 4.31 Å². The van der Waals surface area contributed by atoms with Crippen LogP contribution in [-0.2, 0) is 10.0 Å². The van der Waals surface area contributed by atoms with Gasteiger partial charge in [0.25, 0.3) is 0 Å². The van der Waals surface area contributed by atoms with Gasteiger partial charge in [-0.15, -0.1) is 0 Å². The zero-order valence-electron chi connectivity index (χ0n) is 8.44. The third-order valence-corrected chi connectivity index (χ3v) is 5.04. The first-order chi connectivity index (χ1) is 6.39. The minimum atomic E-state index is -3.08. The first-order valence-electron chi connectivity index (χ1n) is 5.09. The largest absolute Gasteiger partial charge is 0.387 e. The van der Waals surface area contributed by atoms with Crippen molar-refractivity contribution >= 4 is 10.0 Å². The highest BCUT2D eigenvalue weighted by molar-refractivity contribution is 7.89. The summed E-state index contributed by atoms with van der Waals surface area (Å²) in [5.74, 6) is 0.647. The van der Waals surface area contributed by atoms with E-state index in [1.54, 1.807) is 6.92 Å². The maximum atomic E-state index is 11.7. The van der Waals surface area contributed by atoms with Gasteiger partial charge in [-0.2, -0.15) is 4.31 Å². The van der Waals surface area contributed by atoms with Crippen LogP contribution in [0.3, 0.4) is 0 Å².